The standard InChI is InChI=1S/C12H16N2O2S/c13-10-3-2-9(8-11(10)15)12(16)14-4-1-6-17-7-5-14/h2-3,8,15H,1,4-7,13H2. The topological polar surface area (TPSA) is 66.6 Å². The third-order valence-electron chi connectivity index (χ3n) is 2.79. The summed E-state index contributed by atoms with van der Waals surface area (Å²) in [7, 11) is 0. The van der Waals surface area contributed by atoms with Crippen LogP contribution in [0.1, 0.15) is 16.8 Å². The molecule has 1 aliphatic rings. The summed E-state index contributed by atoms with van der Waals surface area (Å²) in [5.74, 6) is 2.03. The van der Waals surface area contributed by atoms with E-state index in [9.17, 15) is 9.90 Å². The lowest BCUT2D eigenvalue weighted by atomic mass is 10.1. The van der Waals surface area contributed by atoms with Crippen molar-refractivity contribution in [1.29, 1.82) is 0 Å². The summed E-state index contributed by atoms with van der Waals surface area (Å²) < 4.78 is 0. The summed E-state index contributed by atoms with van der Waals surface area (Å²) in [6.07, 6.45) is 1.03. The number of carbonyl (C=O) groups is 1. The summed E-state index contributed by atoms with van der Waals surface area (Å²) in [4.78, 5) is 14.0. The van der Waals surface area contributed by atoms with Crippen LogP contribution in [0.5, 0.6) is 5.75 Å². The predicted molar refractivity (Wildman–Crippen MR) is 70.4 cm³/mol. The number of anilines is 1. The van der Waals surface area contributed by atoms with Crippen LogP contribution in [0.4, 0.5) is 5.69 Å². The Hall–Kier alpha value is -1.36. The molecule has 1 fully saturated rings. The number of benzene rings is 1. The molecule has 0 radical (unpaired) electrons. The van der Waals surface area contributed by atoms with E-state index in [1.165, 1.54) is 6.07 Å². The molecule has 4 nitrogen and oxygen atoms in total. The van der Waals surface area contributed by atoms with Gasteiger partial charge >= 0.3 is 0 Å². The second-order valence-electron chi connectivity index (χ2n) is 4.03. The van der Waals surface area contributed by atoms with Crippen LogP contribution in [0.2, 0.25) is 0 Å². The first-order chi connectivity index (χ1) is 8.18. The van der Waals surface area contributed by atoms with E-state index in [1.807, 2.05) is 16.7 Å². The van der Waals surface area contributed by atoms with Gasteiger partial charge in [0.25, 0.3) is 5.91 Å². The van der Waals surface area contributed by atoms with Crippen LogP contribution in [-0.4, -0.2) is 40.5 Å². The van der Waals surface area contributed by atoms with Crippen molar-refractivity contribution in [3.63, 3.8) is 0 Å². The van der Waals surface area contributed by atoms with Crippen LogP contribution in [0, 0.1) is 0 Å². The summed E-state index contributed by atoms with van der Waals surface area (Å²) in [6, 6.07) is 4.67. The van der Waals surface area contributed by atoms with Gasteiger partial charge < -0.3 is 15.7 Å². The highest BCUT2D eigenvalue weighted by Crippen LogP contribution is 2.22. The molecule has 1 aromatic carbocycles. The minimum Gasteiger partial charge on any atom is -0.506 e. The Bertz CT molecular complexity index is 415. The molecule has 2 rings (SSSR count). The summed E-state index contributed by atoms with van der Waals surface area (Å²) in [5, 5.41) is 9.50. The van der Waals surface area contributed by atoms with Crippen LogP contribution in [0.25, 0.3) is 0 Å². The van der Waals surface area contributed by atoms with Crippen molar-refractivity contribution in [2.75, 3.05) is 30.3 Å². The zero-order valence-electron chi connectivity index (χ0n) is 9.56. The molecule has 0 aliphatic carbocycles. The molecule has 0 bridgehead atoms. The number of nitrogen functional groups attached to an aromatic ring is 1. The molecule has 92 valence electrons. The first-order valence-corrected chi connectivity index (χ1v) is 6.79. The van der Waals surface area contributed by atoms with Crippen LogP contribution >= 0.6 is 11.8 Å². The normalized spacial score (nSPS) is 16.6. The van der Waals surface area contributed by atoms with Crippen molar-refractivity contribution in [3.8, 4) is 5.75 Å². The second kappa shape index (κ2) is 5.31. The number of rotatable bonds is 1. The van der Waals surface area contributed by atoms with Crippen molar-refractivity contribution in [1.82, 2.24) is 4.90 Å². The highest BCUT2D eigenvalue weighted by atomic mass is 32.2. The van der Waals surface area contributed by atoms with E-state index in [4.69, 9.17) is 5.73 Å². The highest BCUT2D eigenvalue weighted by Gasteiger charge is 2.17. The van der Waals surface area contributed by atoms with E-state index in [0.717, 1.165) is 31.0 Å². The van der Waals surface area contributed by atoms with Gasteiger partial charge in [-0.1, -0.05) is 0 Å². The lowest BCUT2D eigenvalue weighted by molar-refractivity contribution is 0.0768. The van der Waals surface area contributed by atoms with Gasteiger partial charge in [0, 0.05) is 24.4 Å². The third-order valence-corrected chi connectivity index (χ3v) is 3.84. The van der Waals surface area contributed by atoms with Crippen molar-refractivity contribution in [2.45, 2.75) is 6.42 Å². The average molecular weight is 252 g/mol. The Morgan fingerprint density at radius 3 is 2.94 bits per heavy atom. The largest absolute Gasteiger partial charge is 0.506 e. The fraction of sp³-hybridized carbons (Fsp3) is 0.417. The van der Waals surface area contributed by atoms with Crippen LogP contribution in [0.3, 0.4) is 0 Å². The first kappa shape index (κ1) is 12.1. The molecule has 0 spiro atoms. The van der Waals surface area contributed by atoms with Gasteiger partial charge in [0.05, 0.1) is 5.69 Å². The molecule has 1 saturated heterocycles. The molecular weight excluding hydrogens is 236 g/mol. The summed E-state index contributed by atoms with van der Waals surface area (Å²) in [6.45, 7) is 1.56. The number of hydrogen-bond donors (Lipinski definition) is 2. The molecule has 3 N–H and O–H groups in total. The molecule has 0 unspecified atom stereocenters. The Balaban J connectivity index is 2.14. The third kappa shape index (κ3) is 2.85. The Morgan fingerprint density at radius 1 is 1.35 bits per heavy atom. The highest BCUT2D eigenvalue weighted by molar-refractivity contribution is 7.99. The van der Waals surface area contributed by atoms with E-state index in [2.05, 4.69) is 0 Å². The maximum atomic E-state index is 12.2. The average Bonchev–Trinajstić information content (AvgIpc) is 2.60. The number of aromatic hydroxyl groups is 1. The number of carbonyl (C=O) groups excluding carboxylic acids is 1. The number of hydrogen-bond acceptors (Lipinski definition) is 4. The molecule has 0 atom stereocenters. The minimum absolute atomic E-state index is 0.0252. The summed E-state index contributed by atoms with van der Waals surface area (Å²) in [5.41, 5.74) is 6.32. The van der Waals surface area contributed by atoms with E-state index < -0.39 is 0 Å². The lowest BCUT2D eigenvalue weighted by Crippen LogP contribution is -2.32. The van der Waals surface area contributed by atoms with Crippen molar-refractivity contribution < 1.29 is 9.90 Å². The van der Waals surface area contributed by atoms with Crippen LogP contribution < -0.4 is 5.73 Å². The van der Waals surface area contributed by atoms with Gasteiger partial charge in [-0.15, -0.1) is 0 Å². The van der Waals surface area contributed by atoms with Crippen molar-refractivity contribution in [2.24, 2.45) is 0 Å². The monoisotopic (exact) mass is 252 g/mol. The number of phenolic OH excluding ortho intramolecular Hbond substituents is 1. The van der Waals surface area contributed by atoms with E-state index >= 15 is 0 Å². The number of amides is 1. The summed E-state index contributed by atoms with van der Waals surface area (Å²) >= 11 is 1.87. The molecular formula is C12H16N2O2S. The fourth-order valence-electron chi connectivity index (χ4n) is 1.81. The van der Waals surface area contributed by atoms with Crippen LogP contribution in [-0.2, 0) is 0 Å². The van der Waals surface area contributed by atoms with Gasteiger partial charge in [-0.05, 0) is 30.4 Å². The Morgan fingerprint density at radius 2 is 2.18 bits per heavy atom. The van der Waals surface area contributed by atoms with Gasteiger partial charge in [0.2, 0.25) is 0 Å². The molecule has 1 heterocycles. The van der Waals surface area contributed by atoms with E-state index in [1.54, 1.807) is 12.1 Å². The maximum Gasteiger partial charge on any atom is 0.254 e. The van der Waals surface area contributed by atoms with E-state index in [-0.39, 0.29) is 11.7 Å². The molecule has 17 heavy (non-hydrogen) atoms. The molecule has 0 saturated carbocycles. The number of nitrogens with two attached hydrogens (primary N) is 1. The molecule has 5 heteroatoms. The van der Waals surface area contributed by atoms with Gasteiger partial charge in [0.1, 0.15) is 5.75 Å². The SMILES string of the molecule is Nc1ccc(C(=O)N2CCCSCC2)cc1O. The fourth-order valence-corrected chi connectivity index (χ4v) is 2.70. The quantitative estimate of drug-likeness (QED) is 0.588. The van der Waals surface area contributed by atoms with E-state index in [0.29, 0.717) is 11.3 Å². The van der Waals surface area contributed by atoms with Crippen molar-refractivity contribution in [3.05, 3.63) is 23.8 Å². The smallest absolute Gasteiger partial charge is 0.254 e. The van der Waals surface area contributed by atoms with Gasteiger partial charge in [-0.3, -0.25) is 4.79 Å². The molecule has 1 aromatic rings. The Labute approximate surface area is 105 Å². The second-order valence-corrected chi connectivity index (χ2v) is 5.26. The molecule has 1 amide bonds. The van der Waals surface area contributed by atoms with Crippen LogP contribution in [0.15, 0.2) is 18.2 Å². The van der Waals surface area contributed by atoms with Crippen molar-refractivity contribution >= 4 is 23.4 Å². The number of phenols is 1. The number of thioether (sulfide) groups is 1. The minimum atomic E-state index is -0.0277. The lowest BCUT2D eigenvalue weighted by Gasteiger charge is -2.20. The van der Waals surface area contributed by atoms with Gasteiger partial charge in [0.15, 0.2) is 0 Å². The number of nitrogens with zero attached hydrogens (tertiary/aromatic N) is 1. The molecule has 0 aromatic heterocycles. The zero-order valence-corrected chi connectivity index (χ0v) is 10.4. The first-order valence-electron chi connectivity index (χ1n) is 5.64. The zero-order chi connectivity index (χ0) is 12.3. The van der Waals surface area contributed by atoms with Gasteiger partial charge in [-0.25, -0.2) is 0 Å². The predicted octanol–water partition coefficient (Wildman–Crippen LogP) is 1.55. The maximum absolute atomic E-state index is 12.2. The molecule has 1 aliphatic heterocycles. The Kier molecular flexibility index (Phi) is 3.78. The van der Waals surface area contributed by atoms with Gasteiger partial charge in [-0.2, -0.15) is 11.8 Å².